The standard InChI is InChI=1S/C22H23ClN2O2/c1-14-6-9-17(10-7-14)22(3,4)25-20(13-19(24-25)21(26)27-5)16-8-11-18(23)15(2)12-16/h6-13H,1-5H3. The molecule has 3 rings (SSSR count). The van der Waals surface area contributed by atoms with Crippen molar-refractivity contribution in [3.05, 3.63) is 75.9 Å². The summed E-state index contributed by atoms with van der Waals surface area (Å²) in [4.78, 5) is 12.1. The van der Waals surface area contributed by atoms with E-state index in [0.29, 0.717) is 5.02 Å². The number of hydrogen-bond donors (Lipinski definition) is 0. The highest BCUT2D eigenvalue weighted by Gasteiger charge is 2.29. The van der Waals surface area contributed by atoms with Gasteiger partial charge in [-0.05, 0) is 57.0 Å². The van der Waals surface area contributed by atoms with Crippen LogP contribution in [-0.2, 0) is 10.3 Å². The minimum atomic E-state index is -0.469. The van der Waals surface area contributed by atoms with Gasteiger partial charge in [0.25, 0.3) is 0 Å². The van der Waals surface area contributed by atoms with Gasteiger partial charge in [-0.15, -0.1) is 0 Å². The van der Waals surface area contributed by atoms with Crippen LogP contribution >= 0.6 is 11.6 Å². The molecule has 0 N–H and O–H groups in total. The number of halogens is 1. The Morgan fingerprint density at radius 3 is 2.33 bits per heavy atom. The van der Waals surface area contributed by atoms with Crippen LogP contribution in [0.25, 0.3) is 11.3 Å². The van der Waals surface area contributed by atoms with Crippen LogP contribution in [0.5, 0.6) is 0 Å². The highest BCUT2D eigenvalue weighted by Crippen LogP contribution is 2.33. The average molecular weight is 383 g/mol. The number of ether oxygens (including phenoxy) is 1. The van der Waals surface area contributed by atoms with Crippen molar-refractivity contribution in [3.63, 3.8) is 0 Å². The first-order chi connectivity index (χ1) is 12.7. The zero-order valence-corrected chi connectivity index (χ0v) is 17.0. The van der Waals surface area contributed by atoms with Crippen LogP contribution in [0.4, 0.5) is 0 Å². The first-order valence-corrected chi connectivity index (χ1v) is 9.14. The number of aromatic nitrogens is 2. The van der Waals surface area contributed by atoms with Gasteiger partial charge in [0.05, 0.1) is 18.3 Å². The van der Waals surface area contributed by atoms with E-state index < -0.39 is 11.5 Å². The Labute approximate surface area is 164 Å². The zero-order valence-electron chi connectivity index (χ0n) is 16.2. The van der Waals surface area contributed by atoms with Crippen molar-refractivity contribution in [2.75, 3.05) is 7.11 Å². The van der Waals surface area contributed by atoms with E-state index in [9.17, 15) is 4.79 Å². The first kappa shape index (κ1) is 19.2. The van der Waals surface area contributed by atoms with Crippen molar-refractivity contribution in [2.45, 2.75) is 33.2 Å². The van der Waals surface area contributed by atoms with Crippen molar-refractivity contribution >= 4 is 17.6 Å². The highest BCUT2D eigenvalue weighted by atomic mass is 35.5. The lowest BCUT2D eigenvalue weighted by atomic mass is 9.93. The predicted molar refractivity (Wildman–Crippen MR) is 108 cm³/mol. The fraction of sp³-hybridized carbons (Fsp3) is 0.273. The molecule has 4 nitrogen and oxygen atoms in total. The third kappa shape index (κ3) is 3.62. The van der Waals surface area contributed by atoms with E-state index >= 15 is 0 Å². The molecule has 0 radical (unpaired) electrons. The molecule has 0 saturated carbocycles. The van der Waals surface area contributed by atoms with E-state index in [4.69, 9.17) is 16.3 Å². The van der Waals surface area contributed by atoms with Crippen molar-refractivity contribution < 1.29 is 9.53 Å². The number of esters is 1. The Bertz CT molecular complexity index is 988. The molecule has 0 aliphatic carbocycles. The van der Waals surface area contributed by atoms with E-state index in [1.54, 1.807) is 6.07 Å². The van der Waals surface area contributed by atoms with Crippen molar-refractivity contribution in [3.8, 4) is 11.3 Å². The molecular formula is C22H23ClN2O2. The van der Waals surface area contributed by atoms with Crippen LogP contribution in [0.3, 0.4) is 0 Å². The molecular weight excluding hydrogens is 360 g/mol. The topological polar surface area (TPSA) is 44.1 Å². The van der Waals surface area contributed by atoms with Crippen LogP contribution in [0.1, 0.15) is 41.0 Å². The van der Waals surface area contributed by atoms with E-state index in [0.717, 1.165) is 22.4 Å². The van der Waals surface area contributed by atoms with Crippen molar-refractivity contribution in [2.24, 2.45) is 0 Å². The normalized spacial score (nSPS) is 11.5. The van der Waals surface area contributed by atoms with Gasteiger partial charge in [-0.25, -0.2) is 4.79 Å². The van der Waals surface area contributed by atoms with Gasteiger partial charge in [0.2, 0.25) is 0 Å². The van der Waals surface area contributed by atoms with Crippen LogP contribution in [-0.4, -0.2) is 22.9 Å². The van der Waals surface area contributed by atoms with Gasteiger partial charge in [-0.3, -0.25) is 4.68 Å². The SMILES string of the molecule is COC(=O)c1cc(-c2ccc(Cl)c(C)c2)n(C(C)(C)c2ccc(C)cc2)n1. The molecule has 140 valence electrons. The Balaban J connectivity index is 2.20. The van der Waals surface area contributed by atoms with E-state index in [1.165, 1.54) is 12.7 Å². The number of rotatable bonds is 4. The Kier molecular flexibility index (Phi) is 5.11. The number of carbonyl (C=O) groups excluding carboxylic acids is 1. The van der Waals surface area contributed by atoms with Crippen LogP contribution in [0.15, 0.2) is 48.5 Å². The molecule has 2 aromatic carbocycles. The van der Waals surface area contributed by atoms with E-state index in [2.05, 4.69) is 50.1 Å². The molecule has 0 unspecified atom stereocenters. The van der Waals surface area contributed by atoms with Gasteiger partial charge in [0, 0.05) is 10.6 Å². The molecule has 0 amide bonds. The molecule has 1 aromatic heterocycles. The molecule has 0 aliphatic rings. The maximum atomic E-state index is 12.1. The number of carbonyl (C=O) groups is 1. The largest absolute Gasteiger partial charge is 0.464 e. The van der Waals surface area contributed by atoms with E-state index in [-0.39, 0.29) is 5.69 Å². The lowest BCUT2D eigenvalue weighted by Gasteiger charge is -2.28. The predicted octanol–water partition coefficient (Wildman–Crippen LogP) is 5.39. The van der Waals surface area contributed by atoms with Crippen LogP contribution < -0.4 is 0 Å². The molecule has 27 heavy (non-hydrogen) atoms. The number of benzene rings is 2. The third-order valence-corrected chi connectivity index (χ3v) is 5.27. The molecule has 0 saturated heterocycles. The molecule has 0 bridgehead atoms. The Hall–Kier alpha value is -2.59. The van der Waals surface area contributed by atoms with Gasteiger partial charge in [-0.1, -0.05) is 47.5 Å². The molecule has 0 fully saturated rings. The van der Waals surface area contributed by atoms with Gasteiger partial charge in [0.15, 0.2) is 5.69 Å². The summed E-state index contributed by atoms with van der Waals surface area (Å²) in [7, 11) is 1.36. The molecule has 0 atom stereocenters. The minimum Gasteiger partial charge on any atom is -0.464 e. The summed E-state index contributed by atoms with van der Waals surface area (Å²) in [6.45, 7) is 8.18. The lowest BCUT2D eigenvalue weighted by Crippen LogP contribution is -2.30. The van der Waals surface area contributed by atoms with Gasteiger partial charge < -0.3 is 4.74 Å². The fourth-order valence-corrected chi connectivity index (χ4v) is 3.22. The number of hydrogen-bond acceptors (Lipinski definition) is 3. The fourth-order valence-electron chi connectivity index (χ4n) is 3.10. The first-order valence-electron chi connectivity index (χ1n) is 8.76. The smallest absolute Gasteiger partial charge is 0.358 e. The molecule has 0 aliphatic heterocycles. The minimum absolute atomic E-state index is 0.278. The summed E-state index contributed by atoms with van der Waals surface area (Å²) < 4.78 is 6.76. The lowest BCUT2D eigenvalue weighted by molar-refractivity contribution is 0.0592. The average Bonchev–Trinajstić information content (AvgIpc) is 3.10. The quantitative estimate of drug-likeness (QED) is 0.568. The maximum absolute atomic E-state index is 12.1. The monoisotopic (exact) mass is 382 g/mol. The zero-order chi connectivity index (χ0) is 19.8. The van der Waals surface area contributed by atoms with Crippen LogP contribution in [0.2, 0.25) is 5.02 Å². The number of methoxy groups -OCH3 is 1. The van der Waals surface area contributed by atoms with E-state index in [1.807, 2.05) is 29.8 Å². The van der Waals surface area contributed by atoms with Crippen LogP contribution in [0, 0.1) is 13.8 Å². The maximum Gasteiger partial charge on any atom is 0.358 e. The highest BCUT2D eigenvalue weighted by molar-refractivity contribution is 6.31. The Morgan fingerprint density at radius 1 is 1.07 bits per heavy atom. The molecule has 3 aromatic rings. The second-order valence-corrected chi connectivity index (χ2v) is 7.61. The number of aryl methyl sites for hydroxylation is 2. The van der Waals surface area contributed by atoms with Gasteiger partial charge in [0.1, 0.15) is 0 Å². The summed E-state index contributed by atoms with van der Waals surface area (Å²) in [5.74, 6) is -0.458. The summed E-state index contributed by atoms with van der Waals surface area (Å²) in [6.07, 6.45) is 0. The second kappa shape index (κ2) is 7.20. The third-order valence-electron chi connectivity index (χ3n) is 4.85. The molecule has 1 heterocycles. The second-order valence-electron chi connectivity index (χ2n) is 7.21. The molecule has 5 heteroatoms. The van der Waals surface area contributed by atoms with Crippen molar-refractivity contribution in [1.82, 2.24) is 9.78 Å². The summed E-state index contributed by atoms with van der Waals surface area (Å²) >= 11 is 6.19. The summed E-state index contributed by atoms with van der Waals surface area (Å²) in [5, 5.41) is 5.29. The summed E-state index contributed by atoms with van der Waals surface area (Å²) in [5.41, 5.74) is 4.84. The number of nitrogens with zero attached hydrogens (tertiary/aromatic N) is 2. The van der Waals surface area contributed by atoms with Gasteiger partial charge >= 0.3 is 5.97 Å². The summed E-state index contributed by atoms with van der Waals surface area (Å²) in [6, 6.07) is 15.9. The Morgan fingerprint density at radius 2 is 1.74 bits per heavy atom. The van der Waals surface area contributed by atoms with Crippen molar-refractivity contribution in [1.29, 1.82) is 0 Å². The molecule has 0 spiro atoms. The van der Waals surface area contributed by atoms with Gasteiger partial charge in [-0.2, -0.15) is 5.10 Å².